The summed E-state index contributed by atoms with van der Waals surface area (Å²) in [5, 5.41) is 0.726. The van der Waals surface area contributed by atoms with Gasteiger partial charge in [-0.25, -0.2) is 4.57 Å². The number of hydrogen-bond donors (Lipinski definition) is 1. The largest absolute Gasteiger partial charge is 0.269 e. The molecule has 0 saturated heterocycles. The van der Waals surface area contributed by atoms with Gasteiger partial charge in [0.2, 0.25) is 0 Å². The number of imidazole rings is 1. The van der Waals surface area contributed by atoms with Crippen LogP contribution in [0.15, 0.2) is 24.5 Å². The average molecular weight is 183 g/mol. The van der Waals surface area contributed by atoms with Gasteiger partial charge in [-0.15, -0.1) is 4.68 Å². The first-order chi connectivity index (χ1) is 5.68. The number of fused-ring (bicyclic) bond motifs is 1. The maximum absolute atomic E-state index is 5.84. The van der Waals surface area contributed by atoms with E-state index in [9.17, 15) is 0 Å². The van der Waals surface area contributed by atoms with Gasteiger partial charge in [0.15, 0.2) is 11.0 Å². The van der Waals surface area contributed by atoms with Crippen LogP contribution in [-0.2, 0) is 7.05 Å². The smallest absolute Gasteiger partial charge is 0.267 e. The van der Waals surface area contributed by atoms with Crippen molar-refractivity contribution in [3.05, 3.63) is 29.5 Å². The Hall–Kier alpha value is -1.22. The van der Waals surface area contributed by atoms with Gasteiger partial charge < -0.3 is 0 Å². The molecule has 2 rings (SSSR count). The van der Waals surface area contributed by atoms with Crippen molar-refractivity contribution in [3.63, 3.8) is 0 Å². The van der Waals surface area contributed by atoms with Crippen LogP contribution in [0.5, 0.6) is 0 Å². The number of nitrogens with zero attached hydrogens (tertiary/aromatic N) is 2. The van der Waals surface area contributed by atoms with Gasteiger partial charge in [0.25, 0.3) is 6.33 Å². The molecule has 0 atom stereocenters. The van der Waals surface area contributed by atoms with E-state index in [1.165, 1.54) is 0 Å². The van der Waals surface area contributed by atoms with E-state index in [1.807, 2.05) is 29.8 Å². The molecule has 62 valence electrons. The zero-order chi connectivity index (χ0) is 8.72. The number of aryl methyl sites for hydroxylation is 1. The van der Waals surface area contributed by atoms with E-state index in [2.05, 4.69) is 0 Å². The maximum Gasteiger partial charge on any atom is 0.267 e. The topological polar surface area (TPSA) is 34.8 Å². The van der Waals surface area contributed by atoms with Gasteiger partial charge in [-0.05, 0) is 12.1 Å². The first-order valence-electron chi connectivity index (χ1n) is 3.60. The molecular formula is C8H9ClN3+. The lowest BCUT2D eigenvalue weighted by Gasteiger charge is -1.88. The van der Waals surface area contributed by atoms with E-state index in [4.69, 9.17) is 17.4 Å². The SMILES string of the molecule is C[n+]1cn(N)c2ccc(Cl)cc21. The van der Waals surface area contributed by atoms with Crippen LogP contribution in [-0.4, -0.2) is 4.68 Å². The zero-order valence-electron chi connectivity index (χ0n) is 6.66. The van der Waals surface area contributed by atoms with Crippen LogP contribution in [0, 0.1) is 0 Å². The van der Waals surface area contributed by atoms with Gasteiger partial charge in [-0.1, -0.05) is 11.6 Å². The molecule has 12 heavy (non-hydrogen) atoms. The van der Waals surface area contributed by atoms with Gasteiger partial charge in [0.1, 0.15) is 0 Å². The van der Waals surface area contributed by atoms with Crippen molar-refractivity contribution in [2.24, 2.45) is 7.05 Å². The Labute approximate surface area is 74.9 Å². The lowest BCUT2D eigenvalue weighted by Crippen LogP contribution is -2.26. The van der Waals surface area contributed by atoms with Crippen molar-refractivity contribution in [3.8, 4) is 0 Å². The zero-order valence-corrected chi connectivity index (χ0v) is 7.42. The minimum atomic E-state index is 0.726. The molecule has 0 saturated carbocycles. The third-order valence-corrected chi connectivity index (χ3v) is 2.13. The second-order valence-electron chi connectivity index (χ2n) is 2.77. The van der Waals surface area contributed by atoms with Crippen molar-refractivity contribution in [1.82, 2.24) is 4.68 Å². The van der Waals surface area contributed by atoms with Gasteiger partial charge in [-0.2, -0.15) is 0 Å². The molecule has 2 N–H and O–H groups in total. The summed E-state index contributed by atoms with van der Waals surface area (Å²) in [5.41, 5.74) is 2.01. The summed E-state index contributed by atoms with van der Waals surface area (Å²) in [6, 6.07) is 5.62. The molecule has 0 amide bonds. The van der Waals surface area contributed by atoms with Gasteiger partial charge in [-0.3, -0.25) is 5.84 Å². The van der Waals surface area contributed by atoms with E-state index in [0.717, 1.165) is 16.1 Å². The van der Waals surface area contributed by atoms with E-state index in [-0.39, 0.29) is 0 Å². The predicted molar refractivity (Wildman–Crippen MR) is 48.3 cm³/mol. The van der Waals surface area contributed by atoms with Crippen LogP contribution >= 0.6 is 11.6 Å². The highest BCUT2D eigenvalue weighted by Gasteiger charge is 2.10. The number of halogens is 1. The fraction of sp³-hybridized carbons (Fsp3) is 0.125. The van der Waals surface area contributed by atoms with Crippen LogP contribution in [0.2, 0.25) is 5.02 Å². The molecular weight excluding hydrogens is 174 g/mol. The van der Waals surface area contributed by atoms with E-state index in [0.29, 0.717) is 0 Å². The van der Waals surface area contributed by atoms with Gasteiger partial charge in [0.05, 0.1) is 7.05 Å². The Kier molecular flexibility index (Phi) is 1.48. The van der Waals surface area contributed by atoms with Crippen molar-refractivity contribution in [2.75, 3.05) is 5.84 Å². The third kappa shape index (κ3) is 0.940. The van der Waals surface area contributed by atoms with Gasteiger partial charge in [0, 0.05) is 11.1 Å². The Morgan fingerprint density at radius 3 is 3.00 bits per heavy atom. The van der Waals surface area contributed by atoms with Gasteiger partial charge >= 0.3 is 0 Å². The molecule has 2 aromatic rings. The third-order valence-electron chi connectivity index (χ3n) is 1.89. The van der Waals surface area contributed by atoms with E-state index in [1.54, 1.807) is 11.0 Å². The molecule has 0 bridgehead atoms. The highest BCUT2D eigenvalue weighted by Crippen LogP contribution is 2.14. The second kappa shape index (κ2) is 2.38. The van der Waals surface area contributed by atoms with Crippen molar-refractivity contribution < 1.29 is 4.57 Å². The summed E-state index contributed by atoms with van der Waals surface area (Å²) in [7, 11) is 1.93. The molecule has 3 nitrogen and oxygen atoms in total. The standard InChI is InChI=1S/C8H9ClN3/c1-11-5-12(10)7-3-2-6(9)4-8(7)11/h2-5H,10H2,1H3/q+1. The monoisotopic (exact) mass is 182 g/mol. The highest BCUT2D eigenvalue weighted by molar-refractivity contribution is 6.31. The molecule has 0 fully saturated rings. The van der Waals surface area contributed by atoms with E-state index >= 15 is 0 Å². The predicted octanol–water partition coefficient (Wildman–Crippen LogP) is 0.833. The summed E-state index contributed by atoms with van der Waals surface area (Å²) >= 11 is 5.84. The average Bonchev–Trinajstić information content (AvgIpc) is 2.28. The van der Waals surface area contributed by atoms with Crippen molar-refractivity contribution in [2.45, 2.75) is 0 Å². The fourth-order valence-electron chi connectivity index (χ4n) is 1.31. The molecule has 0 spiro atoms. The molecule has 0 aliphatic rings. The molecule has 0 aliphatic carbocycles. The Morgan fingerprint density at radius 1 is 1.50 bits per heavy atom. The number of aromatic nitrogens is 2. The molecule has 1 aromatic heterocycles. The molecule has 4 heteroatoms. The molecule has 1 aromatic carbocycles. The number of rotatable bonds is 0. The quantitative estimate of drug-likeness (QED) is 0.476. The lowest BCUT2D eigenvalue weighted by atomic mass is 10.3. The van der Waals surface area contributed by atoms with Crippen molar-refractivity contribution >= 4 is 22.6 Å². The van der Waals surface area contributed by atoms with E-state index < -0.39 is 0 Å². The first-order valence-corrected chi connectivity index (χ1v) is 3.97. The summed E-state index contributed by atoms with van der Waals surface area (Å²) in [6.07, 6.45) is 1.81. The summed E-state index contributed by atoms with van der Waals surface area (Å²) in [6.45, 7) is 0. The highest BCUT2D eigenvalue weighted by atomic mass is 35.5. The normalized spacial score (nSPS) is 10.8. The number of benzene rings is 1. The van der Waals surface area contributed by atoms with Crippen molar-refractivity contribution in [1.29, 1.82) is 0 Å². The molecule has 0 unspecified atom stereocenters. The second-order valence-corrected chi connectivity index (χ2v) is 3.20. The Morgan fingerprint density at radius 2 is 2.25 bits per heavy atom. The Bertz CT molecular complexity index is 433. The number of hydrogen-bond acceptors (Lipinski definition) is 1. The number of nitrogens with two attached hydrogens (primary N) is 1. The minimum absolute atomic E-state index is 0.726. The molecule has 0 aliphatic heterocycles. The van der Waals surface area contributed by atoms with Crippen LogP contribution < -0.4 is 10.4 Å². The van der Waals surface area contributed by atoms with Crippen LogP contribution in [0.25, 0.3) is 11.0 Å². The lowest BCUT2D eigenvalue weighted by molar-refractivity contribution is -0.645. The summed E-state index contributed by atoms with van der Waals surface area (Å²) in [5.74, 6) is 5.68. The fourth-order valence-corrected chi connectivity index (χ4v) is 1.47. The molecule has 1 heterocycles. The van der Waals surface area contributed by atoms with Crippen LogP contribution in [0.3, 0.4) is 0 Å². The van der Waals surface area contributed by atoms with Crippen LogP contribution in [0.4, 0.5) is 0 Å². The maximum atomic E-state index is 5.84. The summed E-state index contributed by atoms with van der Waals surface area (Å²) < 4.78 is 3.51. The van der Waals surface area contributed by atoms with Crippen LogP contribution in [0.1, 0.15) is 0 Å². The minimum Gasteiger partial charge on any atom is -0.269 e. The Balaban J connectivity index is 2.90. The first kappa shape index (κ1) is 7.43. The molecule has 0 radical (unpaired) electrons. The summed E-state index contributed by atoms with van der Waals surface area (Å²) in [4.78, 5) is 0. The number of nitrogen functional groups attached to an aromatic ring is 1.